The quantitative estimate of drug-likeness (QED) is 0.408. The summed E-state index contributed by atoms with van der Waals surface area (Å²) < 4.78 is 61.5. The molecule has 0 fully saturated rings. The van der Waals surface area contributed by atoms with Crippen LogP contribution in [0, 0.1) is 0 Å². The summed E-state index contributed by atoms with van der Waals surface area (Å²) >= 11 is -2.30. The number of hydrogen-bond acceptors (Lipinski definition) is 6. The third kappa shape index (κ3) is 3.69. The van der Waals surface area contributed by atoms with Crippen LogP contribution in [-0.4, -0.2) is 44.7 Å². The van der Waals surface area contributed by atoms with E-state index in [9.17, 15) is 21.9 Å². The summed E-state index contributed by atoms with van der Waals surface area (Å²) in [5.41, 5.74) is 6.80. The standard InChI is InChI=1S/C17H14F3N7O2S/c18-17(19,20)15(21)9-1-2-12(23-5-9)27-7-10(6-26-27)14(30(28)29)11-3-4-22-16-13(11)24-8-25-16/h1-8,14-15H,21H2,(H,28,29)(H,22,24,25). The number of halogens is 3. The summed E-state index contributed by atoms with van der Waals surface area (Å²) in [4.78, 5) is 15.0. The molecule has 0 radical (unpaired) electrons. The Morgan fingerprint density at radius 1 is 1.13 bits per heavy atom. The second kappa shape index (κ2) is 7.59. The van der Waals surface area contributed by atoms with E-state index in [4.69, 9.17) is 5.73 Å². The van der Waals surface area contributed by atoms with Crippen molar-refractivity contribution in [3.05, 3.63) is 66.0 Å². The lowest BCUT2D eigenvalue weighted by molar-refractivity contribution is -0.149. The van der Waals surface area contributed by atoms with Gasteiger partial charge in [0, 0.05) is 29.7 Å². The van der Waals surface area contributed by atoms with E-state index in [1.54, 1.807) is 6.07 Å². The molecule has 0 aliphatic carbocycles. The van der Waals surface area contributed by atoms with Crippen molar-refractivity contribution < 1.29 is 21.9 Å². The molecule has 13 heteroatoms. The van der Waals surface area contributed by atoms with Gasteiger partial charge in [-0.1, -0.05) is 6.07 Å². The van der Waals surface area contributed by atoms with Gasteiger partial charge in [0.2, 0.25) is 0 Å². The summed E-state index contributed by atoms with van der Waals surface area (Å²) in [6, 6.07) is 2.00. The molecular weight excluding hydrogens is 423 g/mol. The molecule has 0 aliphatic heterocycles. The highest BCUT2D eigenvalue weighted by atomic mass is 32.2. The van der Waals surface area contributed by atoms with E-state index in [0.717, 1.165) is 6.20 Å². The van der Waals surface area contributed by atoms with Gasteiger partial charge in [0.15, 0.2) is 22.5 Å². The SMILES string of the molecule is NC(c1ccc(-n2cc(C(c3ccnc4nc[nH]c34)S(=O)O)cn2)nc1)C(F)(F)F. The molecule has 4 aromatic heterocycles. The molecule has 3 unspecified atom stereocenters. The summed E-state index contributed by atoms with van der Waals surface area (Å²) in [5.74, 6) is 0.225. The highest BCUT2D eigenvalue weighted by molar-refractivity contribution is 7.79. The van der Waals surface area contributed by atoms with Crippen LogP contribution < -0.4 is 5.73 Å². The normalized spacial score (nSPS) is 15.2. The fraction of sp³-hybridized carbons (Fsp3) is 0.176. The van der Waals surface area contributed by atoms with Crippen molar-refractivity contribution in [3.8, 4) is 5.82 Å². The van der Waals surface area contributed by atoms with Gasteiger partial charge in [0.25, 0.3) is 0 Å². The molecule has 3 atom stereocenters. The monoisotopic (exact) mass is 437 g/mol. The summed E-state index contributed by atoms with van der Waals surface area (Å²) in [5, 5.41) is 3.16. The van der Waals surface area contributed by atoms with Crippen molar-refractivity contribution in [2.24, 2.45) is 5.73 Å². The molecule has 4 aromatic rings. The maximum absolute atomic E-state index is 12.7. The number of fused-ring (bicyclic) bond motifs is 1. The van der Waals surface area contributed by atoms with Gasteiger partial charge < -0.3 is 15.3 Å². The van der Waals surface area contributed by atoms with Crippen LogP contribution in [0.15, 0.2) is 49.3 Å². The summed E-state index contributed by atoms with van der Waals surface area (Å²) in [6.07, 6.45) is 2.22. The minimum atomic E-state index is -4.58. The molecule has 0 saturated carbocycles. The van der Waals surface area contributed by atoms with E-state index in [2.05, 4.69) is 25.0 Å². The number of hydrogen-bond donors (Lipinski definition) is 3. The third-order valence-electron chi connectivity index (χ3n) is 4.47. The van der Waals surface area contributed by atoms with E-state index in [1.165, 1.54) is 41.7 Å². The van der Waals surface area contributed by atoms with Gasteiger partial charge in [-0.15, -0.1) is 0 Å². The van der Waals surface area contributed by atoms with Crippen LogP contribution in [0.3, 0.4) is 0 Å². The van der Waals surface area contributed by atoms with Crippen molar-refractivity contribution in [1.29, 1.82) is 0 Å². The Morgan fingerprint density at radius 2 is 1.93 bits per heavy atom. The number of nitrogens with one attached hydrogen (secondary N) is 1. The van der Waals surface area contributed by atoms with Crippen molar-refractivity contribution in [2.75, 3.05) is 0 Å². The number of pyridine rings is 2. The van der Waals surface area contributed by atoms with Gasteiger partial charge in [-0.3, -0.25) is 0 Å². The maximum Gasteiger partial charge on any atom is 0.407 e. The lowest BCUT2D eigenvalue weighted by Crippen LogP contribution is -2.28. The van der Waals surface area contributed by atoms with Gasteiger partial charge in [0.1, 0.15) is 11.3 Å². The van der Waals surface area contributed by atoms with E-state index < -0.39 is 28.5 Å². The molecule has 0 aliphatic rings. The molecule has 0 saturated heterocycles. The number of nitrogens with zero attached hydrogens (tertiary/aromatic N) is 5. The van der Waals surface area contributed by atoms with Crippen molar-refractivity contribution in [3.63, 3.8) is 0 Å². The number of nitrogens with two attached hydrogens (primary N) is 1. The molecule has 0 amide bonds. The first kappa shape index (κ1) is 20.1. The Labute approximate surface area is 169 Å². The van der Waals surface area contributed by atoms with Gasteiger partial charge >= 0.3 is 6.18 Å². The number of rotatable bonds is 5. The first-order valence-electron chi connectivity index (χ1n) is 8.46. The summed E-state index contributed by atoms with van der Waals surface area (Å²) in [6.45, 7) is 0. The number of aromatic nitrogens is 6. The van der Waals surface area contributed by atoms with E-state index >= 15 is 0 Å². The van der Waals surface area contributed by atoms with Crippen LogP contribution in [0.4, 0.5) is 13.2 Å². The molecule has 4 heterocycles. The van der Waals surface area contributed by atoms with Crippen LogP contribution >= 0.6 is 0 Å². The topological polar surface area (TPSA) is 136 Å². The second-order valence-electron chi connectivity index (χ2n) is 6.34. The predicted molar refractivity (Wildman–Crippen MR) is 101 cm³/mol. The van der Waals surface area contributed by atoms with Crippen LogP contribution in [0.2, 0.25) is 0 Å². The number of imidazole rings is 1. The minimum Gasteiger partial charge on any atom is -0.343 e. The van der Waals surface area contributed by atoms with Gasteiger partial charge in [-0.2, -0.15) is 18.3 Å². The zero-order valence-electron chi connectivity index (χ0n) is 15.0. The number of alkyl halides is 3. The number of aromatic amines is 1. The zero-order chi connectivity index (χ0) is 21.5. The van der Waals surface area contributed by atoms with Crippen LogP contribution in [-0.2, 0) is 11.1 Å². The smallest absolute Gasteiger partial charge is 0.343 e. The fourth-order valence-electron chi connectivity index (χ4n) is 3.00. The molecule has 9 nitrogen and oxygen atoms in total. The van der Waals surface area contributed by atoms with Crippen LogP contribution in [0.1, 0.15) is 28.0 Å². The molecule has 4 rings (SSSR count). The Bertz CT molecular complexity index is 1210. The minimum absolute atomic E-state index is 0.189. The highest BCUT2D eigenvalue weighted by Gasteiger charge is 2.38. The predicted octanol–water partition coefficient (Wildman–Crippen LogP) is 2.41. The largest absolute Gasteiger partial charge is 0.407 e. The van der Waals surface area contributed by atoms with Crippen LogP contribution in [0.25, 0.3) is 17.0 Å². The van der Waals surface area contributed by atoms with Gasteiger partial charge in [-0.05, 0) is 17.7 Å². The first-order valence-corrected chi connectivity index (χ1v) is 9.63. The first-order chi connectivity index (χ1) is 14.3. The van der Waals surface area contributed by atoms with Crippen LogP contribution in [0.5, 0.6) is 0 Å². The molecule has 156 valence electrons. The van der Waals surface area contributed by atoms with Crippen molar-refractivity contribution in [2.45, 2.75) is 17.5 Å². The second-order valence-corrected chi connectivity index (χ2v) is 7.37. The van der Waals surface area contributed by atoms with Gasteiger partial charge in [-0.25, -0.2) is 23.8 Å². The lowest BCUT2D eigenvalue weighted by atomic mass is 10.1. The molecule has 0 aromatic carbocycles. The molecule has 30 heavy (non-hydrogen) atoms. The van der Waals surface area contributed by atoms with E-state index in [-0.39, 0.29) is 11.4 Å². The fourth-order valence-corrected chi connectivity index (χ4v) is 3.76. The van der Waals surface area contributed by atoms with E-state index in [1.807, 2.05) is 0 Å². The number of H-pyrrole nitrogens is 1. The average molecular weight is 437 g/mol. The third-order valence-corrected chi connectivity index (χ3v) is 5.39. The Hall–Kier alpha value is -3.16. The van der Waals surface area contributed by atoms with Crippen molar-refractivity contribution in [1.82, 2.24) is 29.7 Å². The lowest BCUT2D eigenvalue weighted by Gasteiger charge is -2.15. The van der Waals surface area contributed by atoms with Crippen molar-refractivity contribution >= 4 is 22.2 Å². The maximum atomic E-state index is 12.7. The Kier molecular flexibility index (Phi) is 5.09. The zero-order valence-corrected chi connectivity index (χ0v) is 15.8. The average Bonchev–Trinajstić information content (AvgIpc) is 3.37. The van der Waals surface area contributed by atoms with Gasteiger partial charge in [0.05, 0.1) is 18.0 Å². The summed E-state index contributed by atoms with van der Waals surface area (Å²) in [7, 11) is 0. The Balaban J connectivity index is 1.67. The molecule has 4 N–H and O–H groups in total. The van der Waals surface area contributed by atoms with E-state index in [0.29, 0.717) is 22.3 Å². The molecule has 0 spiro atoms. The Morgan fingerprint density at radius 3 is 2.60 bits per heavy atom. The highest BCUT2D eigenvalue weighted by Crippen LogP contribution is 2.32. The molecular formula is C17H14F3N7O2S. The molecule has 0 bridgehead atoms.